The Bertz CT molecular complexity index is 1250. The second-order valence-corrected chi connectivity index (χ2v) is 8.89. The molecule has 4 aromatic rings. The lowest BCUT2D eigenvalue weighted by molar-refractivity contribution is 0.572. The number of rotatable bonds is 9. The number of aromatic nitrogens is 2. The molecule has 0 bridgehead atoms. The van der Waals surface area contributed by atoms with Crippen molar-refractivity contribution in [1.82, 2.24) is 9.97 Å². The number of aromatic amines is 1. The number of aryl methyl sites for hydroxylation is 2. The number of benzene rings is 3. The zero-order valence-electron chi connectivity index (χ0n) is 21.4. The third kappa shape index (κ3) is 8.52. The highest BCUT2D eigenvalue weighted by molar-refractivity contribution is 6.08. The number of halogens is 3. The second kappa shape index (κ2) is 14.3. The first-order valence-corrected chi connectivity index (χ1v) is 12.5. The Morgan fingerprint density at radius 3 is 2.05 bits per heavy atom. The number of nitrogens with zero attached hydrogens (tertiary/aromatic N) is 1. The summed E-state index contributed by atoms with van der Waals surface area (Å²) in [5, 5.41) is 0. The van der Waals surface area contributed by atoms with Crippen LogP contribution in [0.1, 0.15) is 59.5 Å². The lowest BCUT2D eigenvalue weighted by atomic mass is 9.87. The molecule has 1 N–H and O–H groups in total. The summed E-state index contributed by atoms with van der Waals surface area (Å²) < 4.78 is 41.4. The summed E-state index contributed by atoms with van der Waals surface area (Å²) in [7, 11) is 5.44. The molecule has 0 aliphatic heterocycles. The van der Waals surface area contributed by atoms with Gasteiger partial charge in [0.25, 0.3) is 0 Å². The fourth-order valence-electron chi connectivity index (χ4n) is 4.16. The van der Waals surface area contributed by atoms with Gasteiger partial charge in [0.05, 0.1) is 7.85 Å². The van der Waals surface area contributed by atoms with E-state index in [2.05, 4.69) is 9.97 Å². The normalized spacial score (nSPS) is 11.1. The number of imidazole rings is 1. The van der Waals surface area contributed by atoms with Crippen LogP contribution in [0.15, 0.2) is 85.1 Å². The van der Waals surface area contributed by atoms with Gasteiger partial charge in [-0.3, -0.25) is 0 Å². The standard InChI is InChI=1S/C18H17BF2.C13H15FN2/c19-13-7-1-2-8-14(15-9-3-5-11-17(15)20)16-10-4-6-12-18(16)21;1-3-10-4-11(6-12(14)5-10)7-13-15-8-9(2)16-13/h1-6,9-12,14H,7-8,13H2;4-6,8H,3,7H2,1-2H3,(H,15,16). The Kier molecular flexibility index (Phi) is 10.8. The average Bonchev–Trinajstić information content (AvgIpc) is 3.29. The summed E-state index contributed by atoms with van der Waals surface area (Å²) in [6.45, 7) is 3.98. The lowest BCUT2D eigenvalue weighted by Gasteiger charge is -2.17. The van der Waals surface area contributed by atoms with Crippen LogP contribution in [0.4, 0.5) is 13.2 Å². The minimum absolute atomic E-state index is 0.169. The van der Waals surface area contributed by atoms with Gasteiger partial charge >= 0.3 is 0 Å². The van der Waals surface area contributed by atoms with Crippen molar-refractivity contribution in [2.75, 3.05) is 0 Å². The number of hydrogen-bond donors (Lipinski definition) is 1. The summed E-state index contributed by atoms with van der Waals surface area (Å²) in [4.78, 5) is 7.37. The number of allylic oxidation sites excluding steroid dienone is 2. The molecule has 0 aliphatic rings. The molecule has 6 heteroatoms. The Labute approximate surface area is 219 Å². The first-order valence-electron chi connectivity index (χ1n) is 12.5. The van der Waals surface area contributed by atoms with E-state index in [1.807, 2.05) is 32.1 Å². The molecule has 0 fully saturated rings. The number of H-pyrrole nitrogens is 1. The first-order chi connectivity index (χ1) is 17.9. The number of hydrogen-bond acceptors (Lipinski definition) is 1. The minimum Gasteiger partial charge on any atom is -0.346 e. The summed E-state index contributed by atoms with van der Waals surface area (Å²) in [6.07, 6.45) is 9.06. The fourth-order valence-corrected chi connectivity index (χ4v) is 4.16. The third-order valence-corrected chi connectivity index (χ3v) is 5.99. The molecule has 2 nitrogen and oxygen atoms in total. The molecule has 3 aromatic carbocycles. The zero-order valence-corrected chi connectivity index (χ0v) is 21.4. The maximum absolute atomic E-state index is 14.1. The molecule has 0 saturated carbocycles. The highest BCUT2D eigenvalue weighted by atomic mass is 19.1. The minimum atomic E-state index is -0.332. The quantitative estimate of drug-likeness (QED) is 0.183. The van der Waals surface area contributed by atoms with Crippen LogP contribution in [0, 0.1) is 24.4 Å². The Balaban J connectivity index is 0.000000213. The van der Waals surface area contributed by atoms with Gasteiger partial charge in [0, 0.05) is 24.2 Å². The monoisotopic (exact) mass is 500 g/mol. The van der Waals surface area contributed by atoms with Crippen molar-refractivity contribution >= 4 is 7.85 Å². The molecule has 0 atom stereocenters. The molecule has 0 aliphatic carbocycles. The van der Waals surface area contributed by atoms with Crippen LogP contribution in [-0.2, 0) is 12.8 Å². The average molecular weight is 500 g/mol. The number of nitrogens with one attached hydrogen (secondary N) is 1. The van der Waals surface area contributed by atoms with Crippen LogP contribution >= 0.6 is 0 Å². The van der Waals surface area contributed by atoms with E-state index in [0.29, 0.717) is 30.3 Å². The molecule has 0 saturated heterocycles. The van der Waals surface area contributed by atoms with Crippen LogP contribution in [0.2, 0.25) is 6.32 Å². The predicted octanol–water partition coefficient (Wildman–Crippen LogP) is 8.03. The van der Waals surface area contributed by atoms with Crippen molar-refractivity contribution in [3.05, 3.63) is 136 Å². The van der Waals surface area contributed by atoms with Crippen molar-refractivity contribution in [3.63, 3.8) is 0 Å². The molecule has 2 radical (unpaired) electrons. The molecule has 4 rings (SSSR count). The van der Waals surface area contributed by atoms with Gasteiger partial charge in [-0.2, -0.15) is 0 Å². The summed E-state index contributed by atoms with van der Waals surface area (Å²) >= 11 is 0. The fraction of sp³-hybridized carbons (Fsp3) is 0.258. The molecule has 0 spiro atoms. The smallest absolute Gasteiger partial charge is 0.127 e. The molecule has 37 heavy (non-hydrogen) atoms. The maximum atomic E-state index is 14.1. The highest BCUT2D eigenvalue weighted by Crippen LogP contribution is 2.32. The van der Waals surface area contributed by atoms with E-state index in [9.17, 15) is 13.2 Å². The van der Waals surface area contributed by atoms with Crippen LogP contribution < -0.4 is 0 Å². The topological polar surface area (TPSA) is 28.7 Å². The molecule has 1 aromatic heterocycles. The molecule has 0 amide bonds. The van der Waals surface area contributed by atoms with E-state index in [1.54, 1.807) is 54.7 Å². The van der Waals surface area contributed by atoms with Gasteiger partial charge in [-0.1, -0.05) is 67.9 Å². The Morgan fingerprint density at radius 2 is 1.51 bits per heavy atom. The summed E-state index contributed by atoms with van der Waals surface area (Å²) in [5.41, 5.74) is 4.05. The Morgan fingerprint density at radius 1 is 0.892 bits per heavy atom. The van der Waals surface area contributed by atoms with Gasteiger partial charge in [0.2, 0.25) is 0 Å². The van der Waals surface area contributed by atoms with E-state index >= 15 is 0 Å². The van der Waals surface area contributed by atoms with Crippen molar-refractivity contribution in [3.8, 4) is 0 Å². The van der Waals surface area contributed by atoms with Crippen molar-refractivity contribution in [2.24, 2.45) is 0 Å². The SMILES string of the molecule is CCc1cc(F)cc(Cc2ncc(C)[nH]2)c1.[B]CCC=CCC(c1ccccc1F)c1ccccc1F. The van der Waals surface area contributed by atoms with Gasteiger partial charge in [-0.25, -0.2) is 18.2 Å². The van der Waals surface area contributed by atoms with Gasteiger partial charge in [-0.15, -0.1) is 0 Å². The van der Waals surface area contributed by atoms with E-state index in [4.69, 9.17) is 7.85 Å². The van der Waals surface area contributed by atoms with Crippen molar-refractivity contribution in [1.29, 1.82) is 0 Å². The van der Waals surface area contributed by atoms with Gasteiger partial charge in [-0.05, 0) is 72.7 Å². The van der Waals surface area contributed by atoms with Gasteiger partial charge in [0.1, 0.15) is 23.3 Å². The van der Waals surface area contributed by atoms with Crippen molar-refractivity contribution in [2.45, 2.75) is 51.8 Å². The molecular weight excluding hydrogens is 468 g/mol. The van der Waals surface area contributed by atoms with Crippen LogP contribution in [0.5, 0.6) is 0 Å². The zero-order chi connectivity index (χ0) is 26.6. The highest BCUT2D eigenvalue weighted by Gasteiger charge is 2.19. The van der Waals surface area contributed by atoms with Crippen LogP contribution in [0.3, 0.4) is 0 Å². The third-order valence-electron chi connectivity index (χ3n) is 5.99. The maximum Gasteiger partial charge on any atom is 0.127 e. The Hall–Kier alpha value is -3.54. The predicted molar refractivity (Wildman–Crippen MR) is 145 cm³/mol. The van der Waals surface area contributed by atoms with E-state index in [1.165, 1.54) is 12.1 Å². The molecular formula is C31H32BF3N2. The lowest BCUT2D eigenvalue weighted by Crippen LogP contribution is -2.05. The van der Waals surface area contributed by atoms with E-state index < -0.39 is 0 Å². The van der Waals surface area contributed by atoms with Crippen LogP contribution in [-0.4, -0.2) is 17.8 Å². The van der Waals surface area contributed by atoms with E-state index in [-0.39, 0.29) is 23.4 Å². The second-order valence-electron chi connectivity index (χ2n) is 8.89. The molecule has 0 unspecified atom stereocenters. The van der Waals surface area contributed by atoms with Crippen LogP contribution in [0.25, 0.3) is 0 Å². The van der Waals surface area contributed by atoms with Gasteiger partial charge in [0.15, 0.2) is 0 Å². The first kappa shape index (κ1) is 28.0. The summed E-state index contributed by atoms with van der Waals surface area (Å²) in [5.74, 6) is -0.236. The van der Waals surface area contributed by atoms with Gasteiger partial charge < -0.3 is 4.98 Å². The largest absolute Gasteiger partial charge is 0.346 e. The molecule has 1 heterocycles. The molecule has 190 valence electrons. The summed E-state index contributed by atoms with van der Waals surface area (Å²) in [6, 6.07) is 18.2. The van der Waals surface area contributed by atoms with E-state index in [0.717, 1.165) is 35.5 Å². The van der Waals surface area contributed by atoms with Crippen molar-refractivity contribution < 1.29 is 13.2 Å².